The maximum absolute atomic E-state index is 3.73. The summed E-state index contributed by atoms with van der Waals surface area (Å²) in [7, 11) is 3.69. The second-order valence-electron chi connectivity index (χ2n) is 1.73. The van der Waals surface area contributed by atoms with Crippen LogP contribution in [0, 0.1) is 43.8 Å². The molecule has 1 rings (SSSR count). The Balaban J connectivity index is 0. The standard InChI is InChI=1S/C5H6N4.Ta.U/c1-9(2)5-7-3-6-4-8-5;;/h1-2H3;;/q-2;;. The number of nitrogens with zero attached hydrogens (tertiary/aromatic N) is 4. The SMILES string of the molecule is CN(C)c1n[c-]n[c-]n1.[Ta].[U]. The van der Waals surface area contributed by atoms with Gasteiger partial charge in [0.2, 0.25) is 0 Å². The van der Waals surface area contributed by atoms with Gasteiger partial charge in [0.1, 0.15) is 0 Å². The molecule has 0 saturated heterocycles. The van der Waals surface area contributed by atoms with Crippen LogP contribution in [0.5, 0.6) is 0 Å². The number of aromatic nitrogens is 3. The van der Waals surface area contributed by atoms with Gasteiger partial charge in [-0.05, 0) is 20.0 Å². The van der Waals surface area contributed by atoms with Crippen molar-refractivity contribution in [3.63, 3.8) is 0 Å². The molecule has 1 heterocycles. The molecule has 1 radical (unpaired) electrons. The molecule has 0 amide bonds. The molecule has 57 valence electrons. The van der Waals surface area contributed by atoms with E-state index in [0.29, 0.717) is 5.95 Å². The van der Waals surface area contributed by atoms with Gasteiger partial charge in [-0.15, -0.1) is 0 Å². The summed E-state index contributed by atoms with van der Waals surface area (Å²) in [6.07, 6.45) is 4.77. The molecule has 11 heavy (non-hydrogen) atoms. The van der Waals surface area contributed by atoms with Gasteiger partial charge in [-0.2, -0.15) is 12.7 Å². The Labute approximate surface area is 105 Å². The van der Waals surface area contributed by atoms with Gasteiger partial charge >= 0.3 is 0 Å². The minimum Gasteiger partial charge on any atom is -0.505 e. The third-order valence-electron chi connectivity index (χ3n) is 0.800. The molecule has 0 atom stereocenters. The normalized spacial score (nSPS) is 7.45. The summed E-state index contributed by atoms with van der Waals surface area (Å²) in [5, 5.41) is 0. The molecular formula is C5H6N4TaU-2. The van der Waals surface area contributed by atoms with Crippen LogP contribution in [0.15, 0.2) is 0 Å². The van der Waals surface area contributed by atoms with E-state index in [1.165, 1.54) is 0 Å². The molecule has 1 aromatic rings. The van der Waals surface area contributed by atoms with E-state index in [2.05, 4.69) is 27.6 Å². The van der Waals surface area contributed by atoms with Crippen molar-refractivity contribution in [1.29, 1.82) is 0 Å². The van der Waals surface area contributed by atoms with Crippen molar-refractivity contribution < 1.29 is 53.5 Å². The first-order valence-corrected chi connectivity index (χ1v) is 2.46. The third kappa shape index (κ3) is 4.94. The number of hydrogen-bond acceptors (Lipinski definition) is 4. The van der Waals surface area contributed by atoms with E-state index in [4.69, 9.17) is 0 Å². The molecule has 0 aromatic carbocycles. The Kier molecular flexibility index (Phi) is 9.34. The van der Waals surface area contributed by atoms with Crippen LogP contribution in [0.1, 0.15) is 0 Å². The molecule has 0 fully saturated rings. The summed E-state index contributed by atoms with van der Waals surface area (Å²) in [6.45, 7) is 0. The molecule has 0 aliphatic heterocycles. The van der Waals surface area contributed by atoms with Gasteiger partial charge in [0, 0.05) is 53.5 Å². The number of rotatable bonds is 1. The van der Waals surface area contributed by atoms with E-state index < -0.39 is 0 Å². The summed E-state index contributed by atoms with van der Waals surface area (Å²) in [5.74, 6) is 0.574. The van der Waals surface area contributed by atoms with E-state index in [0.717, 1.165) is 0 Å². The van der Waals surface area contributed by atoms with E-state index in [1.807, 2.05) is 14.1 Å². The Bertz CT molecular complexity index is 181. The smallest absolute Gasteiger partial charge is 0 e. The minimum atomic E-state index is 0. The van der Waals surface area contributed by atoms with Gasteiger partial charge < -0.3 is 19.9 Å². The van der Waals surface area contributed by atoms with Gasteiger partial charge in [0.15, 0.2) is 0 Å². The average molecular weight is 541 g/mol. The fourth-order valence-corrected chi connectivity index (χ4v) is 0.387. The van der Waals surface area contributed by atoms with Gasteiger partial charge in [-0.3, -0.25) is 0 Å². The van der Waals surface area contributed by atoms with E-state index in [9.17, 15) is 0 Å². The molecule has 0 N–H and O–H groups in total. The van der Waals surface area contributed by atoms with E-state index in [1.54, 1.807) is 4.90 Å². The van der Waals surface area contributed by atoms with Crippen molar-refractivity contribution in [2.75, 3.05) is 19.0 Å². The molecule has 1 aromatic heterocycles. The summed E-state index contributed by atoms with van der Waals surface area (Å²) in [4.78, 5) is 12.6. The second kappa shape index (κ2) is 7.26. The van der Waals surface area contributed by atoms with Crippen molar-refractivity contribution in [1.82, 2.24) is 15.0 Å². The Morgan fingerprint density at radius 1 is 1.18 bits per heavy atom. The van der Waals surface area contributed by atoms with Crippen molar-refractivity contribution in [2.45, 2.75) is 0 Å². The fraction of sp³-hybridized carbons (Fsp3) is 0.400. The van der Waals surface area contributed by atoms with Crippen molar-refractivity contribution >= 4 is 5.95 Å². The van der Waals surface area contributed by atoms with Crippen LogP contribution >= 0.6 is 0 Å². The maximum Gasteiger partial charge on any atom is 0 e. The molecule has 0 spiro atoms. The van der Waals surface area contributed by atoms with Crippen LogP contribution in [0.25, 0.3) is 0 Å². The number of anilines is 1. The average Bonchev–Trinajstić information content (AvgIpc) is 1.90. The number of hydrogen-bond donors (Lipinski definition) is 0. The molecule has 0 unspecified atom stereocenters. The quantitative estimate of drug-likeness (QED) is 0.452. The first kappa shape index (κ1) is 14.1. The van der Waals surface area contributed by atoms with Crippen molar-refractivity contribution in [2.24, 2.45) is 0 Å². The van der Waals surface area contributed by atoms with E-state index in [-0.39, 0.29) is 53.5 Å². The summed E-state index contributed by atoms with van der Waals surface area (Å²) >= 11 is 0. The molecule has 6 heteroatoms. The Hall–Kier alpha value is 0.602. The minimum absolute atomic E-state index is 0. The summed E-state index contributed by atoms with van der Waals surface area (Å²) < 4.78 is 0. The molecule has 0 aliphatic rings. The molecule has 0 bridgehead atoms. The molecular weight excluding hydrogens is 535 g/mol. The third-order valence-corrected chi connectivity index (χ3v) is 0.800. The Morgan fingerprint density at radius 3 is 1.91 bits per heavy atom. The summed E-state index contributed by atoms with van der Waals surface area (Å²) in [6, 6.07) is 0. The van der Waals surface area contributed by atoms with Crippen LogP contribution in [0.2, 0.25) is 0 Å². The maximum atomic E-state index is 3.73. The van der Waals surface area contributed by atoms with Crippen LogP contribution in [-0.4, -0.2) is 29.0 Å². The molecule has 0 saturated carbocycles. The molecule has 4 nitrogen and oxygen atoms in total. The fourth-order valence-electron chi connectivity index (χ4n) is 0.387. The zero-order valence-electron chi connectivity index (χ0n) is 6.24. The van der Waals surface area contributed by atoms with Gasteiger partial charge in [0.25, 0.3) is 0 Å². The summed E-state index contributed by atoms with van der Waals surface area (Å²) in [5.41, 5.74) is 0. The topological polar surface area (TPSA) is 41.9 Å². The van der Waals surface area contributed by atoms with Crippen LogP contribution in [-0.2, 0) is 22.4 Å². The van der Waals surface area contributed by atoms with Crippen molar-refractivity contribution in [3.05, 3.63) is 12.7 Å². The van der Waals surface area contributed by atoms with Gasteiger partial charge in [-0.1, -0.05) is 0 Å². The van der Waals surface area contributed by atoms with Crippen LogP contribution in [0.4, 0.5) is 5.95 Å². The van der Waals surface area contributed by atoms with Crippen LogP contribution < -0.4 is 4.90 Å². The first-order chi connectivity index (χ1) is 4.30. The molecule has 0 aliphatic carbocycles. The largest absolute Gasteiger partial charge is 0.505 e. The predicted octanol–water partition coefficient (Wildman–Crippen LogP) is -0.465. The van der Waals surface area contributed by atoms with Crippen LogP contribution in [0.3, 0.4) is 0 Å². The van der Waals surface area contributed by atoms with Gasteiger partial charge in [0.05, 0.1) is 0 Å². The zero-order chi connectivity index (χ0) is 6.69. The zero-order valence-corrected chi connectivity index (χ0v) is 13.6. The predicted molar refractivity (Wildman–Crippen MR) is 31.8 cm³/mol. The second-order valence-corrected chi connectivity index (χ2v) is 1.73. The van der Waals surface area contributed by atoms with Gasteiger partial charge in [-0.25, -0.2) is 0 Å². The monoisotopic (exact) mass is 541 g/mol. The van der Waals surface area contributed by atoms with Crippen molar-refractivity contribution in [3.8, 4) is 0 Å². The Morgan fingerprint density at radius 2 is 1.64 bits per heavy atom. The first-order valence-electron chi connectivity index (χ1n) is 2.46. The van der Waals surface area contributed by atoms with E-state index >= 15 is 0 Å².